The number of aromatic nitrogens is 1. The summed E-state index contributed by atoms with van der Waals surface area (Å²) in [6.07, 6.45) is 4.39. The van der Waals surface area contributed by atoms with Crippen LogP contribution in [-0.2, 0) is 15.9 Å². The number of aryl methyl sites for hydroxylation is 1. The fourth-order valence-corrected chi connectivity index (χ4v) is 9.52. The second-order valence-electron chi connectivity index (χ2n) is 7.81. The highest BCUT2D eigenvalue weighted by Crippen LogP contribution is 2.60. The number of fused-ring (bicyclic) bond motifs is 3. The molecule has 1 aliphatic heterocycles. The zero-order valence-corrected chi connectivity index (χ0v) is 22.7. The standard InChI is InChI=1S/C24H36N2OS4/c1-6-14-28-23(29-15-7-2)26-20-18-12-10-11-13-19(18)25(5)21(20)24(22(26)27,30-16-8-3)31-17-9-4/h10-13,23H,6-9,14-17H2,1-5H3. The molecule has 1 aliphatic rings. The molecule has 172 valence electrons. The minimum Gasteiger partial charge on any atom is -0.343 e. The predicted octanol–water partition coefficient (Wildman–Crippen LogP) is 7.53. The molecule has 31 heavy (non-hydrogen) atoms. The van der Waals surface area contributed by atoms with Gasteiger partial charge in [0.25, 0.3) is 5.91 Å². The van der Waals surface area contributed by atoms with Crippen LogP contribution >= 0.6 is 47.0 Å². The number of thioether (sulfide) groups is 4. The molecule has 1 aromatic heterocycles. The van der Waals surface area contributed by atoms with E-state index in [1.54, 1.807) is 0 Å². The number of anilines is 1. The van der Waals surface area contributed by atoms with Crippen molar-refractivity contribution in [2.45, 2.75) is 62.2 Å². The molecule has 0 fully saturated rings. The molecule has 0 N–H and O–H groups in total. The number of para-hydroxylation sites is 1. The molecular formula is C24H36N2OS4. The van der Waals surface area contributed by atoms with Gasteiger partial charge >= 0.3 is 0 Å². The van der Waals surface area contributed by atoms with Crippen molar-refractivity contribution in [2.24, 2.45) is 7.05 Å². The third kappa shape index (κ3) is 4.80. The summed E-state index contributed by atoms with van der Waals surface area (Å²) >= 11 is 7.57. The van der Waals surface area contributed by atoms with E-state index >= 15 is 0 Å². The summed E-state index contributed by atoms with van der Waals surface area (Å²) in [5, 5.41) is 1.21. The van der Waals surface area contributed by atoms with Crippen molar-refractivity contribution in [3.63, 3.8) is 0 Å². The number of benzene rings is 1. The van der Waals surface area contributed by atoms with E-state index in [2.05, 4.69) is 68.5 Å². The number of hydrogen-bond acceptors (Lipinski definition) is 5. The molecule has 2 heterocycles. The molecule has 0 saturated heterocycles. The summed E-state index contributed by atoms with van der Waals surface area (Å²) < 4.78 is 1.88. The lowest BCUT2D eigenvalue weighted by atomic mass is 10.2. The Morgan fingerprint density at radius 3 is 1.97 bits per heavy atom. The van der Waals surface area contributed by atoms with Crippen LogP contribution in [0, 0.1) is 0 Å². The SMILES string of the molecule is CCCSC(SCCC)N1C(=O)C(SCCC)(SCCC)c2c1c1ccccc1n2C. The third-order valence-electron chi connectivity index (χ3n) is 5.29. The maximum Gasteiger partial charge on any atom is 0.261 e. The Labute approximate surface area is 205 Å². The van der Waals surface area contributed by atoms with E-state index in [0.29, 0.717) is 0 Å². The van der Waals surface area contributed by atoms with Crippen LogP contribution in [0.1, 0.15) is 59.1 Å². The average Bonchev–Trinajstić information content (AvgIpc) is 3.22. The van der Waals surface area contributed by atoms with Crippen LogP contribution in [0.3, 0.4) is 0 Å². The molecule has 2 aromatic rings. The van der Waals surface area contributed by atoms with Crippen LogP contribution in [0.2, 0.25) is 0 Å². The minimum absolute atomic E-state index is 0.128. The lowest BCUT2D eigenvalue weighted by molar-refractivity contribution is -0.118. The number of nitrogens with zero attached hydrogens (tertiary/aromatic N) is 2. The van der Waals surface area contributed by atoms with Crippen molar-refractivity contribution in [2.75, 3.05) is 27.9 Å². The van der Waals surface area contributed by atoms with E-state index in [-0.39, 0.29) is 10.6 Å². The lowest BCUT2D eigenvalue weighted by Gasteiger charge is -2.32. The van der Waals surface area contributed by atoms with E-state index < -0.39 is 4.08 Å². The van der Waals surface area contributed by atoms with Crippen molar-refractivity contribution in [1.29, 1.82) is 0 Å². The Kier molecular flexibility index (Phi) is 9.50. The quantitative estimate of drug-likeness (QED) is 0.267. The summed E-state index contributed by atoms with van der Waals surface area (Å²) in [6, 6.07) is 8.62. The minimum atomic E-state index is -0.549. The maximum absolute atomic E-state index is 14.4. The van der Waals surface area contributed by atoms with Gasteiger partial charge in [-0.1, -0.05) is 45.9 Å². The summed E-state index contributed by atoms with van der Waals surface area (Å²) in [4.78, 5) is 16.5. The van der Waals surface area contributed by atoms with E-state index in [1.165, 1.54) is 16.6 Å². The largest absolute Gasteiger partial charge is 0.343 e. The average molecular weight is 497 g/mol. The van der Waals surface area contributed by atoms with Crippen molar-refractivity contribution in [1.82, 2.24) is 4.57 Å². The number of carbonyl (C=O) groups excluding carboxylic acids is 1. The highest BCUT2D eigenvalue weighted by Gasteiger charge is 2.56. The fourth-order valence-electron chi connectivity index (χ4n) is 3.98. The smallest absolute Gasteiger partial charge is 0.261 e. The van der Waals surface area contributed by atoms with Crippen LogP contribution in [0.5, 0.6) is 0 Å². The molecule has 3 rings (SSSR count). The molecule has 7 heteroatoms. The zero-order valence-electron chi connectivity index (χ0n) is 19.5. The van der Waals surface area contributed by atoms with Gasteiger partial charge in [-0.25, -0.2) is 0 Å². The van der Waals surface area contributed by atoms with E-state index in [4.69, 9.17) is 0 Å². The van der Waals surface area contributed by atoms with Crippen LogP contribution in [-0.4, -0.2) is 38.2 Å². The number of rotatable bonds is 13. The van der Waals surface area contributed by atoms with Gasteiger partial charge in [0, 0.05) is 12.4 Å². The first kappa shape index (κ1) is 25.3. The van der Waals surface area contributed by atoms with Crippen LogP contribution in [0.4, 0.5) is 5.69 Å². The first-order chi connectivity index (χ1) is 15.1. The van der Waals surface area contributed by atoms with Crippen molar-refractivity contribution in [3.8, 4) is 0 Å². The zero-order chi connectivity index (χ0) is 22.4. The third-order valence-corrected chi connectivity index (χ3v) is 11.9. The van der Waals surface area contributed by atoms with Crippen LogP contribution < -0.4 is 4.90 Å². The molecule has 1 amide bonds. The van der Waals surface area contributed by atoms with Crippen LogP contribution in [0.25, 0.3) is 10.9 Å². The van der Waals surface area contributed by atoms with E-state index in [0.717, 1.165) is 54.4 Å². The molecule has 0 saturated carbocycles. The molecule has 0 spiro atoms. The van der Waals surface area contributed by atoms with Crippen LogP contribution in [0.15, 0.2) is 24.3 Å². The molecule has 0 bridgehead atoms. The summed E-state index contributed by atoms with van der Waals surface area (Å²) in [5.74, 6) is 4.41. The highest BCUT2D eigenvalue weighted by atomic mass is 32.2. The molecule has 1 aromatic carbocycles. The van der Waals surface area contributed by atoms with Crippen molar-refractivity contribution < 1.29 is 4.79 Å². The number of hydrogen-bond donors (Lipinski definition) is 0. The molecular weight excluding hydrogens is 461 g/mol. The highest BCUT2D eigenvalue weighted by molar-refractivity contribution is 8.19. The second-order valence-corrected chi connectivity index (χ2v) is 13.4. The van der Waals surface area contributed by atoms with Gasteiger partial charge in [-0.15, -0.1) is 47.0 Å². The lowest BCUT2D eigenvalue weighted by Crippen LogP contribution is -2.41. The second kappa shape index (κ2) is 11.7. The first-order valence-corrected chi connectivity index (χ1v) is 15.6. The van der Waals surface area contributed by atoms with Gasteiger partial charge < -0.3 is 4.57 Å². The summed E-state index contributed by atoms with van der Waals surface area (Å²) in [6.45, 7) is 8.87. The number of amides is 1. The van der Waals surface area contributed by atoms with Gasteiger partial charge in [-0.05, 0) is 54.8 Å². The number of carbonyl (C=O) groups is 1. The first-order valence-electron chi connectivity index (χ1n) is 11.5. The monoisotopic (exact) mass is 496 g/mol. The summed E-state index contributed by atoms with van der Waals surface area (Å²) in [7, 11) is 2.15. The van der Waals surface area contributed by atoms with Gasteiger partial charge in [-0.3, -0.25) is 9.69 Å². The fraction of sp³-hybridized carbons (Fsp3) is 0.625. The van der Waals surface area contributed by atoms with Gasteiger partial charge in [-0.2, -0.15) is 0 Å². The van der Waals surface area contributed by atoms with Gasteiger partial charge in [0.1, 0.15) is 4.71 Å². The Balaban J connectivity index is 2.22. The van der Waals surface area contributed by atoms with Crippen molar-refractivity contribution in [3.05, 3.63) is 30.0 Å². The van der Waals surface area contributed by atoms with Gasteiger partial charge in [0.15, 0.2) is 4.08 Å². The maximum atomic E-state index is 14.4. The van der Waals surface area contributed by atoms with Gasteiger partial charge in [0.05, 0.1) is 16.9 Å². The Morgan fingerprint density at radius 2 is 1.42 bits per heavy atom. The summed E-state index contributed by atoms with van der Waals surface area (Å²) in [5.41, 5.74) is 3.59. The molecule has 0 unspecified atom stereocenters. The van der Waals surface area contributed by atoms with E-state index in [1.807, 2.05) is 47.0 Å². The molecule has 0 radical (unpaired) electrons. The Hall–Kier alpha value is -0.370. The molecule has 0 atom stereocenters. The van der Waals surface area contributed by atoms with E-state index in [9.17, 15) is 4.79 Å². The molecule has 0 aliphatic carbocycles. The Morgan fingerprint density at radius 1 is 0.871 bits per heavy atom. The normalized spacial score (nSPS) is 15.4. The predicted molar refractivity (Wildman–Crippen MR) is 147 cm³/mol. The topological polar surface area (TPSA) is 25.2 Å². The Bertz CT molecular complexity index is 866. The van der Waals surface area contributed by atoms with Gasteiger partial charge in [0.2, 0.25) is 0 Å². The molecule has 3 nitrogen and oxygen atoms in total. The van der Waals surface area contributed by atoms with Crippen molar-refractivity contribution >= 4 is 69.5 Å².